The Balaban J connectivity index is 1.77. The first-order valence-electron chi connectivity index (χ1n) is 8.42. The van der Waals surface area contributed by atoms with Gasteiger partial charge in [-0.2, -0.15) is 5.10 Å². The molecule has 0 bridgehead atoms. The van der Waals surface area contributed by atoms with Gasteiger partial charge in [-0.15, -0.1) is 0 Å². The fourth-order valence-electron chi connectivity index (χ4n) is 2.96. The highest BCUT2D eigenvalue weighted by molar-refractivity contribution is 7.91. The molecule has 1 aliphatic rings. The summed E-state index contributed by atoms with van der Waals surface area (Å²) in [5, 5.41) is 15.6. The molecular weight excluding hydrogens is 368 g/mol. The van der Waals surface area contributed by atoms with Gasteiger partial charge in [0, 0.05) is 24.4 Å². The standard InChI is InChI=1S/C18H20N4O4S/c1-21(16-5-3-2-4-6-16)17-8-7-14(11-18(17)22(23)24)12-19-20-15-9-10-27(25,26)13-15/h2-8,11-12,15,20H,9-10,13H2,1H3/b19-12-. The van der Waals surface area contributed by atoms with Crippen LogP contribution < -0.4 is 10.3 Å². The number of rotatable bonds is 6. The summed E-state index contributed by atoms with van der Waals surface area (Å²) in [7, 11) is -1.21. The molecule has 2 aromatic carbocycles. The summed E-state index contributed by atoms with van der Waals surface area (Å²) < 4.78 is 22.9. The van der Waals surface area contributed by atoms with E-state index in [9.17, 15) is 18.5 Å². The summed E-state index contributed by atoms with van der Waals surface area (Å²) in [5.74, 6) is 0.220. The minimum absolute atomic E-state index is 0.0336. The molecule has 2 aromatic rings. The molecule has 1 atom stereocenters. The molecule has 142 valence electrons. The Labute approximate surface area is 157 Å². The first kappa shape index (κ1) is 18.8. The van der Waals surface area contributed by atoms with Crippen LogP contribution in [0.25, 0.3) is 0 Å². The second-order valence-corrected chi connectivity index (χ2v) is 8.62. The van der Waals surface area contributed by atoms with E-state index in [0.29, 0.717) is 17.7 Å². The van der Waals surface area contributed by atoms with Crippen LogP contribution in [0.5, 0.6) is 0 Å². The van der Waals surface area contributed by atoms with Crippen LogP contribution in [0.3, 0.4) is 0 Å². The van der Waals surface area contributed by atoms with Crippen molar-refractivity contribution < 1.29 is 13.3 Å². The van der Waals surface area contributed by atoms with Crippen LogP contribution in [-0.4, -0.2) is 44.2 Å². The number of nitro benzene ring substituents is 1. The van der Waals surface area contributed by atoms with Crippen molar-refractivity contribution in [1.29, 1.82) is 0 Å². The van der Waals surface area contributed by atoms with Crippen molar-refractivity contribution in [3.05, 3.63) is 64.2 Å². The number of anilines is 2. The van der Waals surface area contributed by atoms with E-state index in [1.54, 1.807) is 24.1 Å². The van der Waals surface area contributed by atoms with E-state index in [1.807, 2.05) is 30.3 Å². The zero-order valence-electron chi connectivity index (χ0n) is 14.8. The topological polar surface area (TPSA) is 105 Å². The van der Waals surface area contributed by atoms with Crippen LogP contribution in [0.1, 0.15) is 12.0 Å². The summed E-state index contributed by atoms with van der Waals surface area (Å²) >= 11 is 0. The lowest BCUT2D eigenvalue weighted by Crippen LogP contribution is -2.25. The van der Waals surface area contributed by atoms with Gasteiger partial charge in [0.25, 0.3) is 5.69 Å². The Morgan fingerprint density at radius 1 is 1.26 bits per heavy atom. The molecule has 0 aromatic heterocycles. The summed E-state index contributed by atoms with van der Waals surface area (Å²) in [6.07, 6.45) is 1.98. The maximum absolute atomic E-state index is 11.5. The van der Waals surface area contributed by atoms with E-state index >= 15 is 0 Å². The predicted octanol–water partition coefficient (Wildman–Crippen LogP) is 2.47. The van der Waals surface area contributed by atoms with Crippen LogP contribution in [0.4, 0.5) is 17.1 Å². The zero-order chi connectivity index (χ0) is 19.4. The molecule has 9 heteroatoms. The van der Waals surface area contributed by atoms with E-state index in [4.69, 9.17) is 0 Å². The average Bonchev–Trinajstić information content (AvgIpc) is 3.00. The summed E-state index contributed by atoms with van der Waals surface area (Å²) in [6, 6.07) is 14.0. The Morgan fingerprint density at radius 2 is 2.00 bits per heavy atom. The Kier molecular flexibility index (Phi) is 5.41. The van der Waals surface area contributed by atoms with Crippen LogP contribution in [0, 0.1) is 10.1 Å². The van der Waals surface area contributed by atoms with Gasteiger partial charge in [-0.3, -0.25) is 10.1 Å². The number of benzene rings is 2. The maximum Gasteiger partial charge on any atom is 0.293 e. The quantitative estimate of drug-likeness (QED) is 0.463. The molecule has 27 heavy (non-hydrogen) atoms. The van der Waals surface area contributed by atoms with E-state index in [-0.39, 0.29) is 23.2 Å². The molecule has 0 saturated carbocycles. The molecule has 0 aliphatic carbocycles. The summed E-state index contributed by atoms with van der Waals surface area (Å²) in [6.45, 7) is 0. The fourth-order valence-corrected chi connectivity index (χ4v) is 4.62. The molecule has 1 heterocycles. The minimum Gasteiger partial charge on any atom is -0.339 e. The van der Waals surface area contributed by atoms with Crippen molar-refractivity contribution in [3.8, 4) is 0 Å². The third-order valence-electron chi connectivity index (χ3n) is 4.40. The number of sulfone groups is 1. The molecule has 0 radical (unpaired) electrons. The van der Waals surface area contributed by atoms with E-state index < -0.39 is 14.8 Å². The van der Waals surface area contributed by atoms with Gasteiger partial charge in [0.15, 0.2) is 9.84 Å². The van der Waals surface area contributed by atoms with E-state index in [2.05, 4.69) is 10.5 Å². The van der Waals surface area contributed by atoms with Crippen LogP contribution in [0.2, 0.25) is 0 Å². The first-order chi connectivity index (χ1) is 12.9. The van der Waals surface area contributed by atoms with Gasteiger partial charge in [-0.25, -0.2) is 8.42 Å². The number of para-hydroxylation sites is 1. The highest BCUT2D eigenvalue weighted by Gasteiger charge is 2.27. The minimum atomic E-state index is -2.98. The highest BCUT2D eigenvalue weighted by atomic mass is 32.2. The zero-order valence-corrected chi connectivity index (χ0v) is 15.6. The van der Waals surface area contributed by atoms with Gasteiger partial charge < -0.3 is 10.3 Å². The molecule has 8 nitrogen and oxygen atoms in total. The lowest BCUT2D eigenvalue weighted by atomic mass is 10.1. The van der Waals surface area contributed by atoms with Crippen molar-refractivity contribution in [1.82, 2.24) is 5.43 Å². The first-order valence-corrected chi connectivity index (χ1v) is 10.2. The molecule has 1 fully saturated rings. The molecule has 0 amide bonds. The van der Waals surface area contributed by atoms with Crippen molar-refractivity contribution in [2.24, 2.45) is 5.10 Å². The number of nitrogens with one attached hydrogen (secondary N) is 1. The second kappa shape index (κ2) is 7.75. The van der Waals surface area contributed by atoms with Crippen molar-refractivity contribution in [2.75, 3.05) is 23.5 Å². The normalized spacial score (nSPS) is 18.5. The second-order valence-electron chi connectivity index (χ2n) is 6.39. The van der Waals surface area contributed by atoms with Crippen molar-refractivity contribution in [3.63, 3.8) is 0 Å². The molecule has 0 spiro atoms. The van der Waals surface area contributed by atoms with E-state index in [0.717, 1.165) is 5.69 Å². The van der Waals surface area contributed by atoms with E-state index in [1.165, 1.54) is 12.3 Å². The number of nitrogens with zero attached hydrogens (tertiary/aromatic N) is 3. The molecule has 1 aliphatic heterocycles. The molecular formula is C18H20N4O4S. The predicted molar refractivity (Wildman–Crippen MR) is 105 cm³/mol. The molecule has 1 saturated heterocycles. The smallest absolute Gasteiger partial charge is 0.293 e. The number of hydrogen-bond acceptors (Lipinski definition) is 7. The van der Waals surface area contributed by atoms with Gasteiger partial charge >= 0.3 is 0 Å². The monoisotopic (exact) mass is 388 g/mol. The van der Waals surface area contributed by atoms with Crippen LogP contribution >= 0.6 is 0 Å². The third-order valence-corrected chi connectivity index (χ3v) is 6.17. The highest BCUT2D eigenvalue weighted by Crippen LogP contribution is 2.32. The molecule has 1 N–H and O–H groups in total. The van der Waals surface area contributed by atoms with Gasteiger partial charge in [0.05, 0.1) is 28.7 Å². The van der Waals surface area contributed by atoms with Crippen LogP contribution in [-0.2, 0) is 9.84 Å². The Bertz CT molecular complexity index is 961. The largest absolute Gasteiger partial charge is 0.339 e. The lowest BCUT2D eigenvalue weighted by molar-refractivity contribution is -0.384. The van der Waals surface area contributed by atoms with Crippen LogP contribution in [0.15, 0.2) is 53.6 Å². The number of hydrazone groups is 1. The fraction of sp³-hybridized carbons (Fsp3) is 0.278. The van der Waals surface area contributed by atoms with Crippen molar-refractivity contribution in [2.45, 2.75) is 12.5 Å². The van der Waals surface area contributed by atoms with Crippen molar-refractivity contribution >= 4 is 33.1 Å². The summed E-state index contributed by atoms with van der Waals surface area (Å²) in [5.41, 5.74) is 4.64. The summed E-state index contributed by atoms with van der Waals surface area (Å²) in [4.78, 5) is 12.8. The van der Waals surface area contributed by atoms with Gasteiger partial charge in [0.1, 0.15) is 5.69 Å². The Hall–Kier alpha value is -2.94. The Morgan fingerprint density at radius 3 is 2.63 bits per heavy atom. The van der Waals surface area contributed by atoms with Gasteiger partial charge in [-0.05, 0) is 24.6 Å². The maximum atomic E-state index is 11.5. The van der Waals surface area contributed by atoms with Gasteiger partial charge in [-0.1, -0.05) is 24.3 Å². The third kappa shape index (κ3) is 4.62. The average molecular weight is 388 g/mol. The SMILES string of the molecule is CN(c1ccccc1)c1ccc(/C=N\NC2CCS(=O)(=O)C2)cc1[N+](=O)[O-]. The van der Waals surface area contributed by atoms with Gasteiger partial charge in [0.2, 0.25) is 0 Å². The number of hydrogen-bond donors (Lipinski definition) is 1. The molecule has 1 unspecified atom stereocenters. The lowest BCUT2D eigenvalue weighted by Gasteiger charge is -2.19. The number of nitro groups is 1. The molecule has 3 rings (SSSR count).